The van der Waals surface area contributed by atoms with Crippen molar-refractivity contribution < 1.29 is 22.5 Å². The highest BCUT2D eigenvalue weighted by Gasteiger charge is 2.36. The van der Waals surface area contributed by atoms with Crippen molar-refractivity contribution in [3.05, 3.63) is 47.4 Å². The first-order valence-electron chi connectivity index (χ1n) is 9.48. The molecule has 1 atom stereocenters. The lowest BCUT2D eigenvalue weighted by Crippen LogP contribution is -2.30. The second kappa shape index (κ2) is 7.54. The molecule has 0 bridgehead atoms. The van der Waals surface area contributed by atoms with Crippen molar-refractivity contribution in [1.82, 2.24) is 30.2 Å². The molecule has 8 nitrogen and oxygen atoms in total. The van der Waals surface area contributed by atoms with Gasteiger partial charge in [0.15, 0.2) is 5.69 Å². The van der Waals surface area contributed by atoms with Gasteiger partial charge in [-0.25, -0.2) is 0 Å². The number of aromatic nitrogens is 5. The van der Waals surface area contributed by atoms with Gasteiger partial charge in [-0.05, 0) is 31.4 Å². The Hall–Kier alpha value is -3.24. The van der Waals surface area contributed by atoms with Gasteiger partial charge in [0, 0.05) is 36.5 Å². The number of carbonyl (C=O) groups excluding carboxylic acids is 1. The zero-order chi connectivity index (χ0) is 21.5. The van der Waals surface area contributed by atoms with E-state index in [0.717, 1.165) is 28.8 Å². The van der Waals surface area contributed by atoms with E-state index in [2.05, 4.69) is 25.5 Å². The minimum atomic E-state index is -4.63. The fourth-order valence-electron chi connectivity index (χ4n) is 3.07. The van der Waals surface area contributed by atoms with Crippen molar-refractivity contribution in [3.63, 3.8) is 0 Å². The van der Waals surface area contributed by atoms with Crippen LogP contribution < -0.4 is 5.32 Å². The van der Waals surface area contributed by atoms with Crippen LogP contribution in [0, 0.1) is 0 Å². The lowest BCUT2D eigenvalue weighted by atomic mass is 10.1. The van der Waals surface area contributed by atoms with E-state index >= 15 is 0 Å². The molecule has 1 amide bonds. The van der Waals surface area contributed by atoms with Crippen molar-refractivity contribution in [1.29, 1.82) is 0 Å². The molecule has 0 aromatic carbocycles. The third-order valence-electron chi connectivity index (χ3n) is 4.89. The SMILES string of the molecule is CCC(NC(=O)c1cc(C(F)(F)F)nn1C)c1nc(-c2ccnc(C3CC3)c2)no1. The number of pyridine rings is 1. The number of nitrogens with one attached hydrogen (secondary N) is 1. The van der Waals surface area contributed by atoms with Crippen molar-refractivity contribution in [2.24, 2.45) is 7.05 Å². The Kier molecular flexibility index (Phi) is 5.04. The number of carbonyl (C=O) groups is 1. The normalized spacial score (nSPS) is 15.2. The average Bonchev–Trinajstić information content (AvgIpc) is 3.30. The van der Waals surface area contributed by atoms with Crippen LogP contribution >= 0.6 is 0 Å². The summed E-state index contributed by atoms with van der Waals surface area (Å²) in [5.41, 5.74) is 0.386. The Labute approximate surface area is 169 Å². The predicted molar refractivity (Wildman–Crippen MR) is 98.2 cm³/mol. The summed E-state index contributed by atoms with van der Waals surface area (Å²) in [5, 5.41) is 9.97. The number of halogens is 3. The Morgan fingerprint density at radius 1 is 1.37 bits per heavy atom. The van der Waals surface area contributed by atoms with E-state index in [1.54, 1.807) is 19.2 Å². The van der Waals surface area contributed by atoms with E-state index in [1.807, 2.05) is 6.07 Å². The summed E-state index contributed by atoms with van der Waals surface area (Å²) in [7, 11) is 1.27. The Morgan fingerprint density at radius 3 is 2.77 bits per heavy atom. The summed E-state index contributed by atoms with van der Waals surface area (Å²) < 4.78 is 44.7. The molecule has 158 valence electrons. The number of alkyl halides is 3. The van der Waals surface area contributed by atoms with Crippen molar-refractivity contribution >= 4 is 5.91 Å². The maximum atomic E-state index is 12.8. The van der Waals surface area contributed by atoms with Crippen molar-refractivity contribution in [2.75, 3.05) is 0 Å². The fourth-order valence-corrected chi connectivity index (χ4v) is 3.07. The highest BCUT2D eigenvalue weighted by molar-refractivity contribution is 5.92. The van der Waals surface area contributed by atoms with Crippen LogP contribution in [0.1, 0.15) is 65.9 Å². The van der Waals surface area contributed by atoms with Crippen LogP contribution in [-0.4, -0.2) is 30.8 Å². The smallest absolute Gasteiger partial charge is 0.339 e. The lowest BCUT2D eigenvalue weighted by Gasteiger charge is -2.12. The highest BCUT2D eigenvalue weighted by Crippen LogP contribution is 2.39. The summed E-state index contributed by atoms with van der Waals surface area (Å²) in [4.78, 5) is 21.2. The summed E-state index contributed by atoms with van der Waals surface area (Å²) >= 11 is 0. The monoisotopic (exact) mass is 420 g/mol. The number of aryl methyl sites for hydroxylation is 1. The topological polar surface area (TPSA) is 98.7 Å². The van der Waals surface area contributed by atoms with Crippen LogP contribution in [0.3, 0.4) is 0 Å². The molecular formula is C19H19F3N6O2. The molecule has 1 unspecified atom stereocenters. The summed E-state index contributed by atoms with van der Waals surface area (Å²) in [6.07, 6.45) is -0.310. The van der Waals surface area contributed by atoms with Gasteiger partial charge in [0.25, 0.3) is 5.91 Å². The molecule has 3 heterocycles. The van der Waals surface area contributed by atoms with E-state index in [9.17, 15) is 18.0 Å². The zero-order valence-electron chi connectivity index (χ0n) is 16.3. The van der Waals surface area contributed by atoms with Gasteiger partial charge in [-0.3, -0.25) is 14.5 Å². The van der Waals surface area contributed by atoms with Gasteiger partial charge in [0.1, 0.15) is 11.7 Å². The number of nitrogens with zero attached hydrogens (tertiary/aromatic N) is 5. The molecule has 1 aliphatic carbocycles. The summed E-state index contributed by atoms with van der Waals surface area (Å²) in [6.45, 7) is 1.79. The van der Waals surface area contributed by atoms with Gasteiger partial charge < -0.3 is 9.84 Å². The zero-order valence-corrected chi connectivity index (χ0v) is 16.3. The number of rotatable bonds is 6. The van der Waals surface area contributed by atoms with E-state index in [1.165, 1.54) is 7.05 Å². The Morgan fingerprint density at radius 2 is 2.13 bits per heavy atom. The number of amides is 1. The molecule has 0 saturated heterocycles. The van der Waals surface area contributed by atoms with E-state index in [0.29, 0.717) is 24.2 Å². The van der Waals surface area contributed by atoms with Crippen LogP contribution in [-0.2, 0) is 13.2 Å². The molecule has 4 rings (SSSR count). The Bertz CT molecular complexity index is 1070. The van der Waals surface area contributed by atoms with Crippen molar-refractivity contribution in [3.8, 4) is 11.4 Å². The second-order valence-electron chi connectivity index (χ2n) is 7.17. The van der Waals surface area contributed by atoms with E-state index < -0.39 is 23.8 Å². The molecule has 11 heteroatoms. The third kappa shape index (κ3) is 4.05. The molecule has 1 N–H and O–H groups in total. The molecule has 0 radical (unpaired) electrons. The maximum Gasteiger partial charge on any atom is 0.435 e. The van der Waals surface area contributed by atoms with Crippen LogP contribution in [0.2, 0.25) is 0 Å². The summed E-state index contributed by atoms with van der Waals surface area (Å²) in [5.74, 6) is 0.289. The predicted octanol–water partition coefficient (Wildman–Crippen LogP) is 3.64. The molecule has 3 aromatic rings. The van der Waals surface area contributed by atoms with Gasteiger partial charge in [-0.2, -0.15) is 23.3 Å². The van der Waals surface area contributed by atoms with Gasteiger partial charge in [0.2, 0.25) is 11.7 Å². The number of hydrogen-bond donors (Lipinski definition) is 1. The first kappa shape index (κ1) is 20.0. The molecule has 0 aliphatic heterocycles. The molecule has 1 aliphatic rings. The second-order valence-corrected chi connectivity index (χ2v) is 7.17. The quantitative estimate of drug-likeness (QED) is 0.654. The molecule has 3 aromatic heterocycles. The average molecular weight is 420 g/mol. The first-order chi connectivity index (χ1) is 14.3. The molecule has 30 heavy (non-hydrogen) atoms. The van der Waals surface area contributed by atoms with Gasteiger partial charge in [0.05, 0.1) is 0 Å². The van der Waals surface area contributed by atoms with Crippen molar-refractivity contribution in [2.45, 2.75) is 44.3 Å². The molecule has 1 saturated carbocycles. The Balaban J connectivity index is 1.52. The van der Waals surface area contributed by atoms with E-state index in [-0.39, 0.29) is 11.6 Å². The third-order valence-corrected chi connectivity index (χ3v) is 4.89. The first-order valence-corrected chi connectivity index (χ1v) is 9.48. The minimum absolute atomic E-state index is 0.170. The van der Waals surface area contributed by atoms with Crippen LogP contribution in [0.15, 0.2) is 28.9 Å². The minimum Gasteiger partial charge on any atom is -0.339 e. The lowest BCUT2D eigenvalue weighted by molar-refractivity contribution is -0.141. The molecular weight excluding hydrogens is 401 g/mol. The molecule has 1 fully saturated rings. The summed E-state index contributed by atoms with van der Waals surface area (Å²) in [6, 6.07) is 3.74. The van der Waals surface area contributed by atoms with Crippen LogP contribution in [0.5, 0.6) is 0 Å². The molecule has 0 spiro atoms. The van der Waals surface area contributed by atoms with Crippen LogP contribution in [0.4, 0.5) is 13.2 Å². The van der Waals surface area contributed by atoms with Gasteiger partial charge in [-0.1, -0.05) is 12.1 Å². The van der Waals surface area contributed by atoms with E-state index in [4.69, 9.17) is 4.52 Å². The highest BCUT2D eigenvalue weighted by atomic mass is 19.4. The standard InChI is InChI=1S/C19H19F3N6O2/c1-3-12(24-17(29)14-9-15(19(20,21)22)26-28(14)2)18-25-16(27-30-18)11-6-7-23-13(8-11)10-4-5-10/h6-10,12H,3-5H2,1-2H3,(H,24,29). The maximum absolute atomic E-state index is 12.8. The largest absolute Gasteiger partial charge is 0.435 e. The fraction of sp³-hybridized carbons (Fsp3) is 0.421. The number of hydrogen-bond acceptors (Lipinski definition) is 6. The van der Waals surface area contributed by atoms with Crippen LogP contribution in [0.25, 0.3) is 11.4 Å². The van der Waals surface area contributed by atoms with Gasteiger partial charge >= 0.3 is 6.18 Å². The van der Waals surface area contributed by atoms with Gasteiger partial charge in [-0.15, -0.1) is 0 Å².